The van der Waals surface area contributed by atoms with E-state index in [1.54, 1.807) is 12.1 Å². The fraction of sp³-hybridized carbons (Fsp3) is 0.194. The van der Waals surface area contributed by atoms with Gasteiger partial charge in [-0.25, -0.2) is 30.7 Å². The Balaban J connectivity index is 1.77. The Morgan fingerprint density at radius 1 is 0.977 bits per heavy atom. The Bertz CT molecular complexity index is 1660. The number of carbonyl (C=O) groups excluding carboxylic acids is 1. The Morgan fingerprint density at radius 2 is 1.67 bits per heavy atom. The van der Waals surface area contributed by atoms with Gasteiger partial charge in [0.15, 0.2) is 5.78 Å². The molecule has 0 radical (unpaired) electrons. The molecule has 43 heavy (non-hydrogen) atoms. The summed E-state index contributed by atoms with van der Waals surface area (Å²) < 4.78 is 97.7. The Labute approximate surface area is 242 Å². The number of pyridine rings is 1. The van der Waals surface area contributed by atoms with E-state index in [1.165, 1.54) is 24.4 Å². The quantitative estimate of drug-likeness (QED) is 0.168. The molecule has 0 bridgehead atoms. The van der Waals surface area contributed by atoms with Gasteiger partial charge in [0.05, 0.1) is 5.69 Å². The molecule has 4 aromatic rings. The van der Waals surface area contributed by atoms with Crippen LogP contribution in [0, 0.1) is 17.5 Å². The summed E-state index contributed by atoms with van der Waals surface area (Å²) in [5.74, 6) is -3.94. The van der Waals surface area contributed by atoms with Crippen molar-refractivity contribution in [1.29, 1.82) is 0 Å². The van der Waals surface area contributed by atoms with Crippen molar-refractivity contribution in [3.63, 3.8) is 0 Å². The smallest absolute Gasteiger partial charge is 0.282 e. The molecule has 2 aromatic heterocycles. The molecular weight excluding hydrogens is 577 g/mol. The third-order valence-electron chi connectivity index (χ3n) is 6.73. The van der Waals surface area contributed by atoms with Crippen molar-refractivity contribution in [3.05, 3.63) is 119 Å². The minimum atomic E-state index is -3.24. The second-order valence-electron chi connectivity index (χ2n) is 9.72. The van der Waals surface area contributed by atoms with Crippen molar-refractivity contribution >= 4 is 17.6 Å². The number of nitrogens with two attached hydrogens (primary N) is 1. The van der Waals surface area contributed by atoms with Crippen LogP contribution in [0.15, 0.2) is 67.9 Å². The third kappa shape index (κ3) is 7.02. The third-order valence-corrected chi connectivity index (χ3v) is 6.73. The molecule has 0 unspecified atom stereocenters. The number of hydrogen-bond acceptors (Lipinski definition) is 4. The van der Waals surface area contributed by atoms with Crippen LogP contribution < -0.4 is 5.73 Å². The molecule has 0 aliphatic heterocycles. The molecule has 4 rings (SSSR count). The molecule has 0 saturated carbocycles. The van der Waals surface area contributed by atoms with E-state index in [1.807, 2.05) is 0 Å². The van der Waals surface area contributed by atoms with E-state index in [4.69, 9.17) is 5.73 Å². The van der Waals surface area contributed by atoms with E-state index in [0.29, 0.717) is 21.9 Å². The molecule has 2 heterocycles. The fourth-order valence-corrected chi connectivity index (χ4v) is 4.94. The zero-order valence-corrected chi connectivity index (χ0v) is 22.5. The fourth-order valence-electron chi connectivity index (χ4n) is 4.94. The first-order valence-electron chi connectivity index (χ1n) is 12.8. The Kier molecular flexibility index (Phi) is 9.47. The largest absolute Gasteiger partial charge is 0.399 e. The van der Waals surface area contributed by atoms with E-state index in [9.17, 15) is 35.5 Å². The average Bonchev–Trinajstić information content (AvgIpc) is 3.31. The van der Waals surface area contributed by atoms with Crippen LogP contribution in [0.3, 0.4) is 0 Å². The molecule has 0 fully saturated rings. The van der Waals surface area contributed by atoms with E-state index < -0.39 is 71.9 Å². The highest BCUT2D eigenvalue weighted by Gasteiger charge is 2.29. The second-order valence-corrected chi connectivity index (χ2v) is 9.72. The van der Waals surface area contributed by atoms with Crippen LogP contribution >= 0.6 is 0 Å². The van der Waals surface area contributed by atoms with E-state index in [2.05, 4.69) is 23.2 Å². The van der Waals surface area contributed by atoms with Gasteiger partial charge in [-0.05, 0) is 47.9 Å². The van der Waals surface area contributed by atoms with Gasteiger partial charge in [-0.2, -0.15) is 5.10 Å². The van der Waals surface area contributed by atoms with Crippen LogP contribution in [-0.4, -0.2) is 20.5 Å². The van der Waals surface area contributed by atoms with Gasteiger partial charge in [-0.3, -0.25) is 14.5 Å². The lowest BCUT2D eigenvalue weighted by molar-refractivity contribution is -0.120. The van der Waals surface area contributed by atoms with Crippen LogP contribution in [0.4, 0.5) is 30.7 Å². The molecule has 12 heteroatoms. The van der Waals surface area contributed by atoms with Crippen molar-refractivity contribution in [2.24, 2.45) is 5.73 Å². The monoisotopic (exact) mass is 602 g/mol. The van der Waals surface area contributed by atoms with Crippen molar-refractivity contribution < 1.29 is 35.5 Å². The molecular formula is C31H25F7N4O. The minimum absolute atomic E-state index is 0.0261. The Hall–Kier alpha value is -4.74. The molecule has 0 spiro atoms. The highest BCUT2D eigenvalue weighted by molar-refractivity contribution is 5.80. The van der Waals surface area contributed by atoms with Gasteiger partial charge >= 0.3 is 0 Å². The van der Waals surface area contributed by atoms with Crippen molar-refractivity contribution in [3.8, 4) is 11.1 Å². The van der Waals surface area contributed by atoms with Gasteiger partial charge in [0.25, 0.3) is 12.9 Å². The maximum absolute atomic E-state index is 14.3. The van der Waals surface area contributed by atoms with Gasteiger partial charge in [-0.1, -0.05) is 31.4 Å². The number of hydrogen-bond donors (Lipinski definition) is 1. The summed E-state index contributed by atoms with van der Waals surface area (Å²) in [5, 5.41) is 3.55. The number of rotatable bonds is 12. The number of carbonyl (C=O) groups is 1. The summed E-state index contributed by atoms with van der Waals surface area (Å²) in [7, 11) is 0. The number of nitrogens with zero attached hydrogens (tertiary/aromatic N) is 3. The maximum atomic E-state index is 14.3. The molecule has 0 amide bonds. The molecule has 0 aliphatic carbocycles. The first kappa shape index (κ1) is 31.2. The topological polar surface area (TPSA) is 73.8 Å². The van der Waals surface area contributed by atoms with Crippen LogP contribution in [0.1, 0.15) is 59.0 Å². The zero-order chi connectivity index (χ0) is 31.4. The molecule has 0 saturated heterocycles. The first-order valence-corrected chi connectivity index (χ1v) is 12.8. The van der Waals surface area contributed by atoms with Gasteiger partial charge in [-0.15, -0.1) is 0 Å². The predicted molar refractivity (Wildman–Crippen MR) is 148 cm³/mol. The van der Waals surface area contributed by atoms with E-state index in [-0.39, 0.29) is 28.9 Å². The summed E-state index contributed by atoms with van der Waals surface area (Å²) in [4.78, 5) is 17.7. The SMILES string of the molecule is C=Cc1c(C(F)F)nn(CC(=O)C[C@@H](Cc2cc(F)cc(F)c2)c2ncccc2-c2ccc(F)c(C(=C)N)c2)c1C(F)F. The molecule has 2 aromatic carbocycles. The molecule has 0 aliphatic rings. The summed E-state index contributed by atoms with van der Waals surface area (Å²) in [6, 6.07) is 10.1. The standard InChI is InChI=1S/C31H25F7N4O/c1-3-23-28(30(35)36)41-42(29(23)31(37)38)15-22(43)12-19(9-17-10-20(32)14-21(33)11-17)27-24(5-4-8-40-27)18-6-7-26(34)25(13-18)16(2)39/h3-8,10-11,13-14,19,30-31H,1-2,9,12,15,39H2/t19-/m1/s1. The van der Waals surface area contributed by atoms with Crippen LogP contribution in [0.2, 0.25) is 0 Å². The highest BCUT2D eigenvalue weighted by Crippen LogP contribution is 2.35. The van der Waals surface area contributed by atoms with Crippen LogP contribution in [0.25, 0.3) is 22.9 Å². The minimum Gasteiger partial charge on any atom is -0.399 e. The molecule has 1 atom stereocenters. The molecule has 2 N–H and O–H groups in total. The van der Waals surface area contributed by atoms with Crippen molar-refractivity contribution in [2.75, 3.05) is 0 Å². The summed E-state index contributed by atoms with van der Waals surface area (Å²) in [5.41, 5.74) is 4.64. The molecule has 224 valence electrons. The summed E-state index contributed by atoms with van der Waals surface area (Å²) in [6.45, 7) is 6.08. The number of alkyl halides is 4. The Morgan fingerprint density at radius 3 is 2.28 bits per heavy atom. The van der Waals surface area contributed by atoms with Crippen LogP contribution in [0.5, 0.6) is 0 Å². The number of Topliss-reactive ketones (excluding diaryl/α,β-unsaturated/α-hetero) is 1. The number of aromatic nitrogens is 3. The number of ketones is 1. The second kappa shape index (κ2) is 13.1. The average molecular weight is 603 g/mol. The van der Waals surface area contributed by atoms with Crippen LogP contribution in [-0.2, 0) is 17.8 Å². The van der Waals surface area contributed by atoms with E-state index >= 15 is 0 Å². The predicted octanol–water partition coefficient (Wildman–Crippen LogP) is 7.80. The van der Waals surface area contributed by atoms with Gasteiger partial charge in [0.2, 0.25) is 0 Å². The van der Waals surface area contributed by atoms with E-state index in [0.717, 1.165) is 18.2 Å². The zero-order valence-electron chi connectivity index (χ0n) is 22.5. The summed E-state index contributed by atoms with van der Waals surface area (Å²) >= 11 is 0. The number of halogens is 7. The van der Waals surface area contributed by atoms with Gasteiger partial charge in [0.1, 0.15) is 35.4 Å². The van der Waals surface area contributed by atoms with Crippen molar-refractivity contribution in [2.45, 2.75) is 38.2 Å². The number of benzene rings is 2. The maximum Gasteiger partial charge on any atom is 0.282 e. The lowest BCUT2D eigenvalue weighted by atomic mass is 9.86. The normalized spacial score (nSPS) is 12.1. The summed E-state index contributed by atoms with van der Waals surface area (Å²) in [6.07, 6.45) is -4.72. The van der Waals surface area contributed by atoms with Gasteiger partial charge in [0, 0.05) is 47.0 Å². The molecule has 5 nitrogen and oxygen atoms in total. The lowest BCUT2D eigenvalue weighted by Crippen LogP contribution is -2.19. The lowest BCUT2D eigenvalue weighted by Gasteiger charge is -2.20. The highest BCUT2D eigenvalue weighted by atomic mass is 19.3. The first-order chi connectivity index (χ1) is 20.4. The van der Waals surface area contributed by atoms with Crippen molar-refractivity contribution in [1.82, 2.24) is 14.8 Å². The van der Waals surface area contributed by atoms with Gasteiger partial charge < -0.3 is 5.73 Å².